The molecule has 0 saturated heterocycles. The largest absolute Gasteiger partial charge is 0.325 e. The fraction of sp³-hybridized carbons (Fsp3) is 0.200. The molecule has 2 amide bonds. The molecule has 1 heterocycles. The van der Waals surface area contributed by atoms with Crippen LogP contribution in [0.4, 0.5) is 16.5 Å². The molecule has 0 spiro atoms. The number of hydrogen-bond acceptors (Lipinski definition) is 8. The number of carbonyl (C=O) groups excluding carboxylic acids is 2. The van der Waals surface area contributed by atoms with E-state index in [1.54, 1.807) is 0 Å². The van der Waals surface area contributed by atoms with Crippen molar-refractivity contribution in [3.8, 4) is 0 Å². The van der Waals surface area contributed by atoms with Gasteiger partial charge in [0.05, 0.1) is 10.7 Å². The predicted molar refractivity (Wildman–Crippen MR) is 121 cm³/mol. The molecule has 0 unspecified atom stereocenters. The Morgan fingerprint density at radius 1 is 1.10 bits per heavy atom. The van der Waals surface area contributed by atoms with Crippen LogP contribution in [0, 0.1) is 30.9 Å². The minimum atomic E-state index is -0.568. The van der Waals surface area contributed by atoms with Crippen LogP contribution >= 0.6 is 23.1 Å². The zero-order chi connectivity index (χ0) is 22.5. The maximum atomic E-state index is 12.3. The minimum absolute atomic E-state index is 0.139. The van der Waals surface area contributed by atoms with Gasteiger partial charge in [-0.05, 0) is 38.0 Å². The first-order valence-electron chi connectivity index (χ1n) is 9.12. The number of nitro benzene ring substituents is 1. The van der Waals surface area contributed by atoms with E-state index in [0.717, 1.165) is 33.7 Å². The number of nitrogens with one attached hydrogen (secondary N) is 2. The minimum Gasteiger partial charge on any atom is -0.325 e. The molecule has 0 aliphatic heterocycles. The molecule has 0 aliphatic rings. The van der Waals surface area contributed by atoms with E-state index in [-0.39, 0.29) is 28.0 Å². The highest BCUT2D eigenvalue weighted by molar-refractivity contribution is 8.01. The lowest BCUT2D eigenvalue weighted by atomic mass is 10.1. The average Bonchev–Trinajstić information content (AvgIpc) is 3.16. The summed E-state index contributed by atoms with van der Waals surface area (Å²) in [4.78, 5) is 34.9. The normalized spacial score (nSPS) is 10.5. The standard InChI is InChI=1S/C20H19N5O4S2/c1-11-7-12(2)17(13(3)8-11)21-16(26)10-30-20-24-23-19(31-20)22-18(27)14-5-4-6-15(9-14)25(28)29/h4-9H,10H2,1-3H3,(H,21,26)(H,22,23,27). The third-order valence-corrected chi connectivity index (χ3v) is 6.19. The molecule has 0 atom stereocenters. The number of carbonyl (C=O) groups is 2. The van der Waals surface area contributed by atoms with Gasteiger partial charge in [-0.15, -0.1) is 10.2 Å². The molecule has 9 nitrogen and oxygen atoms in total. The van der Waals surface area contributed by atoms with Gasteiger partial charge in [-0.3, -0.25) is 25.0 Å². The number of aryl methyl sites for hydroxylation is 3. The molecule has 0 bridgehead atoms. The highest BCUT2D eigenvalue weighted by Crippen LogP contribution is 2.27. The second-order valence-corrected chi connectivity index (χ2v) is 8.95. The number of benzene rings is 2. The molecule has 1 aromatic heterocycles. The first-order chi connectivity index (χ1) is 14.7. The number of non-ortho nitro benzene ring substituents is 1. The van der Waals surface area contributed by atoms with Gasteiger partial charge in [-0.1, -0.05) is 46.9 Å². The lowest BCUT2D eigenvalue weighted by molar-refractivity contribution is -0.384. The number of nitrogens with zero attached hydrogens (tertiary/aromatic N) is 3. The molecule has 31 heavy (non-hydrogen) atoms. The molecular formula is C20H19N5O4S2. The van der Waals surface area contributed by atoms with Gasteiger partial charge in [0.2, 0.25) is 11.0 Å². The molecule has 0 aliphatic carbocycles. The van der Waals surface area contributed by atoms with Gasteiger partial charge in [0.1, 0.15) is 0 Å². The van der Waals surface area contributed by atoms with Crippen LogP contribution in [0.15, 0.2) is 40.7 Å². The molecule has 2 aromatic carbocycles. The number of thioether (sulfide) groups is 1. The molecule has 0 radical (unpaired) electrons. The summed E-state index contributed by atoms with van der Waals surface area (Å²) in [6.07, 6.45) is 0. The van der Waals surface area contributed by atoms with Crippen LogP contribution in [-0.2, 0) is 4.79 Å². The third kappa shape index (κ3) is 5.86. The Morgan fingerprint density at radius 3 is 2.48 bits per heavy atom. The summed E-state index contributed by atoms with van der Waals surface area (Å²) in [6, 6.07) is 9.42. The maximum Gasteiger partial charge on any atom is 0.270 e. The molecule has 3 rings (SSSR count). The Morgan fingerprint density at radius 2 is 1.81 bits per heavy atom. The number of rotatable bonds is 7. The van der Waals surface area contributed by atoms with Gasteiger partial charge in [-0.25, -0.2) is 0 Å². The highest BCUT2D eigenvalue weighted by atomic mass is 32.2. The Labute approximate surface area is 186 Å². The second kappa shape index (κ2) is 9.67. The summed E-state index contributed by atoms with van der Waals surface area (Å²) in [7, 11) is 0. The van der Waals surface area contributed by atoms with E-state index in [2.05, 4.69) is 20.8 Å². The van der Waals surface area contributed by atoms with Gasteiger partial charge in [-0.2, -0.15) is 0 Å². The lowest BCUT2D eigenvalue weighted by Gasteiger charge is -2.12. The van der Waals surface area contributed by atoms with Gasteiger partial charge < -0.3 is 5.32 Å². The summed E-state index contributed by atoms with van der Waals surface area (Å²) < 4.78 is 0.516. The summed E-state index contributed by atoms with van der Waals surface area (Å²) in [5.74, 6) is -0.558. The summed E-state index contributed by atoms with van der Waals surface area (Å²) in [5.41, 5.74) is 3.90. The van der Waals surface area contributed by atoms with Crippen molar-refractivity contribution in [3.63, 3.8) is 0 Å². The molecular weight excluding hydrogens is 438 g/mol. The summed E-state index contributed by atoms with van der Waals surface area (Å²) in [5, 5.41) is 24.4. The lowest BCUT2D eigenvalue weighted by Crippen LogP contribution is -2.15. The van der Waals surface area contributed by atoms with Crippen molar-refractivity contribution < 1.29 is 14.5 Å². The Kier molecular flexibility index (Phi) is 6.98. The van der Waals surface area contributed by atoms with Gasteiger partial charge in [0.25, 0.3) is 11.6 Å². The summed E-state index contributed by atoms with van der Waals surface area (Å²) in [6.45, 7) is 5.90. The van der Waals surface area contributed by atoms with Crippen molar-refractivity contribution in [1.82, 2.24) is 10.2 Å². The van der Waals surface area contributed by atoms with Crippen LogP contribution in [-0.4, -0.2) is 32.7 Å². The van der Waals surface area contributed by atoms with Gasteiger partial charge >= 0.3 is 0 Å². The van der Waals surface area contributed by atoms with Crippen molar-refractivity contribution in [2.45, 2.75) is 25.1 Å². The fourth-order valence-corrected chi connectivity index (χ4v) is 4.48. The Bertz CT molecular complexity index is 1140. The Balaban J connectivity index is 1.57. The van der Waals surface area contributed by atoms with Crippen molar-refractivity contribution in [1.29, 1.82) is 0 Å². The van der Waals surface area contributed by atoms with Crippen LogP contribution in [0.3, 0.4) is 0 Å². The van der Waals surface area contributed by atoms with Crippen LogP contribution in [0.2, 0.25) is 0 Å². The van der Waals surface area contributed by atoms with E-state index in [9.17, 15) is 19.7 Å². The van der Waals surface area contributed by atoms with Crippen molar-refractivity contribution in [3.05, 3.63) is 68.8 Å². The third-order valence-electron chi connectivity index (χ3n) is 4.21. The van der Waals surface area contributed by atoms with Crippen LogP contribution in [0.5, 0.6) is 0 Å². The predicted octanol–water partition coefficient (Wildman–Crippen LogP) is 4.35. The van der Waals surface area contributed by atoms with Gasteiger partial charge in [0.15, 0.2) is 4.34 Å². The van der Waals surface area contributed by atoms with Crippen LogP contribution in [0.25, 0.3) is 0 Å². The van der Waals surface area contributed by atoms with E-state index < -0.39 is 10.8 Å². The molecule has 3 aromatic rings. The first-order valence-corrected chi connectivity index (χ1v) is 10.9. The van der Waals surface area contributed by atoms with E-state index in [4.69, 9.17) is 0 Å². The average molecular weight is 458 g/mol. The van der Waals surface area contributed by atoms with Crippen molar-refractivity contribution in [2.24, 2.45) is 0 Å². The van der Waals surface area contributed by atoms with Crippen molar-refractivity contribution in [2.75, 3.05) is 16.4 Å². The fourth-order valence-electron chi connectivity index (χ4n) is 2.93. The molecule has 0 fully saturated rings. The number of hydrogen-bond donors (Lipinski definition) is 2. The molecule has 160 valence electrons. The number of anilines is 2. The number of aromatic nitrogens is 2. The van der Waals surface area contributed by atoms with E-state index in [0.29, 0.717) is 4.34 Å². The topological polar surface area (TPSA) is 127 Å². The quantitative estimate of drug-likeness (QED) is 0.234. The van der Waals surface area contributed by atoms with Crippen LogP contribution < -0.4 is 10.6 Å². The molecule has 0 saturated carbocycles. The zero-order valence-electron chi connectivity index (χ0n) is 17.0. The number of amides is 2. The van der Waals surface area contributed by atoms with Crippen LogP contribution in [0.1, 0.15) is 27.0 Å². The smallest absolute Gasteiger partial charge is 0.270 e. The number of nitro groups is 1. The second-order valence-electron chi connectivity index (χ2n) is 6.75. The first kappa shape index (κ1) is 22.4. The van der Waals surface area contributed by atoms with E-state index >= 15 is 0 Å². The zero-order valence-corrected chi connectivity index (χ0v) is 18.6. The molecule has 2 N–H and O–H groups in total. The highest BCUT2D eigenvalue weighted by Gasteiger charge is 2.15. The van der Waals surface area contributed by atoms with E-state index in [1.807, 2.05) is 32.9 Å². The van der Waals surface area contributed by atoms with Gasteiger partial charge in [0, 0.05) is 23.4 Å². The molecule has 11 heteroatoms. The SMILES string of the molecule is Cc1cc(C)c(NC(=O)CSc2nnc(NC(=O)c3cccc([N+](=O)[O-])c3)s2)c(C)c1. The maximum absolute atomic E-state index is 12.3. The summed E-state index contributed by atoms with van der Waals surface area (Å²) >= 11 is 2.32. The Hall–Kier alpha value is -3.31. The monoisotopic (exact) mass is 457 g/mol. The van der Waals surface area contributed by atoms with E-state index in [1.165, 1.54) is 36.0 Å². The van der Waals surface area contributed by atoms with Crippen molar-refractivity contribution >= 4 is 51.4 Å².